The van der Waals surface area contributed by atoms with E-state index in [-0.39, 0.29) is 11.4 Å². The van der Waals surface area contributed by atoms with Gasteiger partial charge in [-0.15, -0.1) is 0 Å². The van der Waals surface area contributed by atoms with E-state index >= 15 is 0 Å². The third-order valence-corrected chi connectivity index (χ3v) is 4.83. The number of aryl methyl sites for hydroxylation is 1. The molecule has 0 saturated carbocycles. The second-order valence-electron chi connectivity index (χ2n) is 4.69. The van der Waals surface area contributed by atoms with Gasteiger partial charge in [0.1, 0.15) is 0 Å². The summed E-state index contributed by atoms with van der Waals surface area (Å²) in [5.41, 5.74) is 8.11. The first kappa shape index (κ1) is 15.8. The fraction of sp³-hybridized carbons (Fsp3) is 0.214. The van der Waals surface area contributed by atoms with Crippen LogP contribution >= 0.6 is 11.6 Å². The Morgan fingerprint density at radius 3 is 2.57 bits per heavy atom. The van der Waals surface area contributed by atoms with Gasteiger partial charge in [0.2, 0.25) is 0 Å². The summed E-state index contributed by atoms with van der Waals surface area (Å²) in [4.78, 5) is 4.18. The molecule has 5 nitrogen and oxygen atoms in total. The van der Waals surface area contributed by atoms with Crippen LogP contribution in [0.25, 0.3) is 0 Å². The van der Waals surface area contributed by atoms with Gasteiger partial charge in [-0.2, -0.15) is 0 Å². The zero-order chi connectivity index (χ0) is 15.6. The third-order valence-electron chi connectivity index (χ3n) is 3.11. The molecule has 112 valence electrons. The van der Waals surface area contributed by atoms with E-state index in [1.54, 1.807) is 25.1 Å². The van der Waals surface area contributed by atoms with Crippen LogP contribution in [0.5, 0.6) is 0 Å². The molecular formula is C14H16ClN3O2S. The SMILES string of the molecule is Cc1ccc(NS(=O)(=O)c2cc(Cl)cc(CN)c2C)cn1. The summed E-state index contributed by atoms with van der Waals surface area (Å²) in [6.07, 6.45) is 1.47. The summed E-state index contributed by atoms with van der Waals surface area (Å²) in [7, 11) is -3.74. The van der Waals surface area contributed by atoms with Crippen molar-refractivity contribution in [2.75, 3.05) is 4.72 Å². The molecule has 0 spiro atoms. The summed E-state index contributed by atoms with van der Waals surface area (Å²) >= 11 is 5.97. The molecule has 1 aromatic carbocycles. The lowest BCUT2D eigenvalue weighted by molar-refractivity contribution is 0.600. The van der Waals surface area contributed by atoms with Gasteiger partial charge in [0.15, 0.2) is 0 Å². The number of sulfonamides is 1. The van der Waals surface area contributed by atoms with Crippen molar-refractivity contribution in [3.63, 3.8) is 0 Å². The number of pyridine rings is 1. The Bertz CT molecular complexity index is 759. The van der Waals surface area contributed by atoms with Crippen LogP contribution in [0.3, 0.4) is 0 Å². The number of anilines is 1. The molecule has 0 radical (unpaired) electrons. The molecule has 21 heavy (non-hydrogen) atoms. The third kappa shape index (κ3) is 3.53. The van der Waals surface area contributed by atoms with E-state index in [0.717, 1.165) is 5.69 Å². The lowest BCUT2D eigenvalue weighted by atomic mass is 10.1. The summed E-state index contributed by atoms with van der Waals surface area (Å²) < 4.78 is 27.5. The van der Waals surface area contributed by atoms with Gasteiger partial charge in [-0.05, 0) is 49.2 Å². The Labute approximate surface area is 129 Å². The highest BCUT2D eigenvalue weighted by atomic mass is 35.5. The summed E-state index contributed by atoms with van der Waals surface area (Å²) in [5.74, 6) is 0. The average Bonchev–Trinajstić information content (AvgIpc) is 2.43. The predicted molar refractivity (Wildman–Crippen MR) is 83.9 cm³/mol. The molecule has 0 bridgehead atoms. The van der Waals surface area contributed by atoms with E-state index in [1.807, 2.05) is 6.92 Å². The molecule has 1 heterocycles. The van der Waals surface area contributed by atoms with Crippen molar-refractivity contribution < 1.29 is 8.42 Å². The van der Waals surface area contributed by atoms with Gasteiger partial charge in [0.05, 0.1) is 16.8 Å². The number of rotatable bonds is 4. The average molecular weight is 326 g/mol. The Hall–Kier alpha value is -1.63. The molecule has 7 heteroatoms. The van der Waals surface area contributed by atoms with Gasteiger partial charge < -0.3 is 5.73 Å². The van der Waals surface area contributed by atoms with Crippen LogP contribution in [0.1, 0.15) is 16.8 Å². The van der Waals surface area contributed by atoms with Gasteiger partial charge in [-0.25, -0.2) is 8.42 Å². The van der Waals surface area contributed by atoms with Crippen molar-refractivity contribution in [2.24, 2.45) is 5.73 Å². The number of nitrogens with zero attached hydrogens (tertiary/aromatic N) is 1. The number of hydrogen-bond acceptors (Lipinski definition) is 4. The van der Waals surface area contributed by atoms with Gasteiger partial charge >= 0.3 is 0 Å². The summed E-state index contributed by atoms with van der Waals surface area (Å²) in [6.45, 7) is 3.76. The largest absolute Gasteiger partial charge is 0.326 e. The van der Waals surface area contributed by atoms with Gasteiger partial charge in [0.25, 0.3) is 10.0 Å². The van der Waals surface area contributed by atoms with Crippen LogP contribution in [0, 0.1) is 13.8 Å². The summed E-state index contributed by atoms with van der Waals surface area (Å²) in [6, 6.07) is 6.47. The van der Waals surface area contributed by atoms with Crippen molar-refractivity contribution in [1.29, 1.82) is 0 Å². The maximum atomic E-state index is 12.5. The number of hydrogen-bond donors (Lipinski definition) is 2. The quantitative estimate of drug-likeness (QED) is 0.904. The van der Waals surface area contributed by atoms with Crippen LogP contribution in [0.4, 0.5) is 5.69 Å². The lowest BCUT2D eigenvalue weighted by Crippen LogP contribution is -2.16. The first-order chi connectivity index (χ1) is 9.83. The Kier molecular flexibility index (Phi) is 4.51. The van der Waals surface area contributed by atoms with Crippen LogP contribution in [-0.4, -0.2) is 13.4 Å². The Morgan fingerprint density at radius 2 is 2.00 bits per heavy atom. The van der Waals surface area contributed by atoms with Crippen molar-refractivity contribution in [1.82, 2.24) is 4.98 Å². The monoisotopic (exact) mass is 325 g/mol. The fourth-order valence-electron chi connectivity index (χ4n) is 1.94. The van der Waals surface area contributed by atoms with E-state index in [1.165, 1.54) is 12.3 Å². The van der Waals surface area contributed by atoms with Crippen molar-refractivity contribution in [3.05, 3.63) is 52.3 Å². The number of halogens is 1. The van der Waals surface area contributed by atoms with Gasteiger partial charge in [0, 0.05) is 17.3 Å². The molecule has 0 amide bonds. The highest BCUT2D eigenvalue weighted by Gasteiger charge is 2.19. The lowest BCUT2D eigenvalue weighted by Gasteiger charge is -2.13. The maximum absolute atomic E-state index is 12.5. The molecule has 0 saturated heterocycles. The number of aromatic nitrogens is 1. The second kappa shape index (κ2) is 6.01. The Balaban J connectivity index is 2.44. The molecule has 1 aromatic heterocycles. The first-order valence-corrected chi connectivity index (χ1v) is 8.14. The van der Waals surface area contributed by atoms with Crippen LogP contribution in [0.2, 0.25) is 5.02 Å². The molecule has 0 fully saturated rings. The normalized spacial score (nSPS) is 11.4. The van der Waals surface area contributed by atoms with E-state index in [0.29, 0.717) is 21.8 Å². The highest BCUT2D eigenvalue weighted by molar-refractivity contribution is 7.92. The topological polar surface area (TPSA) is 85.1 Å². The van der Waals surface area contributed by atoms with E-state index in [4.69, 9.17) is 17.3 Å². The molecule has 3 N–H and O–H groups in total. The van der Waals surface area contributed by atoms with Crippen molar-refractivity contribution in [3.8, 4) is 0 Å². The number of nitrogens with two attached hydrogens (primary N) is 1. The minimum absolute atomic E-state index is 0.121. The van der Waals surface area contributed by atoms with Gasteiger partial charge in [-0.1, -0.05) is 11.6 Å². The minimum atomic E-state index is -3.74. The van der Waals surface area contributed by atoms with Crippen LogP contribution in [-0.2, 0) is 16.6 Å². The number of nitrogens with one attached hydrogen (secondary N) is 1. The van der Waals surface area contributed by atoms with Crippen LogP contribution < -0.4 is 10.5 Å². The number of benzene rings is 1. The fourth-order valence-corrected chi connectivity index (χ4v) is 3.60. The van der Waals surface area contributed by atoms with Crippen molar-refractivity contribution >= 4 is 27.3 Å². The molecule has 0 aliphatic heterocycles. The molecule has 0 aliphatic rings. The van der Waals surface area contributed by atoms with Crippen molar-refractivity contribution in [2.45, 2.75) is 25.3 Å². The predicted octanol–water partition coefficient (Wildman–Crippen LogP) is 2.61. The molecule has 2 aromatic rings. The standard InChI is InChI=1S/C14H16ClN3O2S/c1-9-3-4-13(8-17-9)18-21(19,20)14-6-12(15)5-11(7-16)10(14)2/h3-6,8,18H,7,16H2,1-2H3. The minimum Gasteiger partial charge on any atom is -0.326 e. The van der Waals surface area contributed by atoms with E-state index < -0.39 is 10.0 Å². The van der Waals surface area contributed by atoms with E-state index in [9.17, 15) is 8.42 Å². The highest BCUT2D eigenvalue weighted by Crippen LogP contribution is 2.26. The zero-order valence-corrected chi connectivity index (χ0v) is 13.3. The molecular weight excluding hydrogens is 310 g/mol. The van der Waals surface area contributed by atoms with Crippen LogP contribution in [0.15, 0.2) is 35.4 Å². The first-order valence-electron chi connectivity index (χ1n) is 6.28. The molecule has 0 unspecified atom stereocenters. The smallest absolute Gasteiger partial charge is 0.262 e. The maximum Gasteiger partial charge on any atom is 0.262 e. The molecule has 0 atom stereocenters. The van der Waals surface area contributed by atoms with E-state index in [2.05, 4.69) is 9.71 Å². The zero-order valence-electron chi connectivity index (χ0n) is 11.7. The second-order valence-corrected chi connectivity index (χ2v) is 6.77. The molecule has 2 rings (SSSR count). The summed E-state index contributed by atoms with van der Waals surface area (Å²) in [5, 5.41) is 0.337. The Morgan fingerprint density at radius 1 is 1.29 bits per heavy atom. The van der Waals surface area contributed by atoms with Gasteiger partial charge in [-0.3, -0.25) is 9.71 Å². The molecule has 0 aliphatic carbocycles.